The molecule has 0 unspecified atom stereocenters. The molecule has 7 nitrogen and oxygen atoms in total. The predicted octanol–water partition coefficient (Wildman–Crippen LogP) is 4.03. The number of anilines is 2. The molecule has 35 heavy (non-hydrogen) atoms. The normalized spacial score (nSPS) is 18.7. The van der Waals surface area contributed by atoms with E-state index >= 15 is 0 Å². The van der Waals surface area contributed by atoms with E-state index in [4.69, 9.17) is 0 Å². The van der Waals surface area contributed by atoms with Crippen LogP contribution in [0.4, 0.5) is 11.4 Å². The van der Waals surface area contributed by atoms with E-state index in [1.165, 1.54) is 0 Å². The summed E-state index contributed by atoms with van der Waals surface area (Å²) in [5, 5.41) is -0.510. The average Bonchev–Trinajstić information content (AvgIpc) is 3.22. The van der Waals surface area contributed by atoms with Crippen molar-refractivity contribution in [1.82, 2.24) is 4.72 Å². The molecule has 4 rings (SSSR count). The fourth-order valence-electron chi connectivity index (χ4n) is 4.36. The van der Waals surface area contributed by atoms with Crippen molar-refractivity contribution >= 4 is 31.4 Å². The SMILES string of the molecule is CC(C)S(=O)(=O)N[C@H]1CN(c2ccccc2)C[C@@H]1c1ccc(-c2cccc(NS(C)(=O)=O)c2)cc1. The molecular formula is C26H31N3O4S2. The van der Waals surface area contributed by atoms with Crippen LogP contribution in [0.15, 0.2) is 78.9 Å². The van der Waals surface area contributed by atoms with Gasteiger partial charge in [-0.2, -0.15) is 0 Å². The molecule has 1 heterocycles. The van der Waals surface area contributed by atoms with Gasteiger partial charge in [0.25, 0.3) is 0 Å². The molecular weight excluding hydrogens is 482 g/mol. The highest BCUT2D eigenvalue weighted by Gasteiger charge is 2.37. The Bertz CT molecular complexity index is 1370. The number of nitrogens with zero attached hydrogens (tertiary/aromatic N) is 1. The quantitative estimate of drug-likeness (QED) is 0.474. The summed E-state index contributed by atoms with van der Waals surface area (Å²) in [5.41, 5.74) is 4.46. The monoisotopic (exact) mass is 513 g/mol. The Morgan fingerprint density at radius 2 is 1.51 bits per heavy atom. The lowest BCUT2D eigenvalue weighted by Crippen LogP contribution is -2.43. The van der Waals surface area contributed by atoms with Crippen LogP contribution in [0, 0.1) is 0 Å². The summed E-state index contributed by atoms with van der Waals surface area (Å²) in [4.78, 5) is 2.21. The third-order valence-corrected chi connectivity index (χ3v) is 8.69. The summed E-state index contributed by atoms with van der Waals surface area (Å²) < 4.78 is 54.0. The molecule has 3 aromatic rings. The molecule has 0 saturated carbocycles. The third kappa shape index (κ3) is 6.22. The summed E-state index contributed by atoms with van der Waals surface area (Å²) >= 11 is 0. The van der Waals surface area contributed by atoms with E-state index in [9.17, 15) is 16.8 Å². The van der Waals surface area contributed by atoms with E-state index in [-0.39, 0.29) is 12.0 Å². The van der Waals surface area contributed by atoms with Crippen molar-refractivity contribution in [3.63, 3.8) is 0 Å². The van der Waals surface area contributed by atoms with Crippen molar-refractivity contribution < 1.29 is 16.8 Å². The zero-order valence-corrected chi connectivity index (χ0v) is 21.7. The summed E-state index contributed by atoms with van der Waals surface area (Å²) in [6.07, 6.45) is 1.12. The largest absolute Gasteiger partial charge is 0.369 e. The first kappa shape index (κ1) is 25.2. The molecule has 2 atom stereocenters. The van der Waals surface area contributed by atoms with Crippen LogP contribution in [0.1, 0.15) is 25.3 Å². The second-order valence-corrected chi connectivity index (χ2v) is 13.3. The van der Waals surface area contributed by atoms with Gasteiger partial charge in [0.1, 0.15) is 0 Å². The molecule has 0 spiro atoms. The summed E-state index contributed by atoms with van der Waals surface area (Å²) in [6, 6.07) is 25.0. The summed E-state index contributed by atoms with van der Waals surface area (Å²) in [6.45, 7) is 4.65. The van der Waals surface area contributed by atoms with Gasteiger partial charge in [0.15, 0.2) is 0 Å². The van der Waals surface area contributed by atoms with Gasteiger partial charge in [-0.15, -0.1) is 0 Å². The second-order valence-electron chi connectivity index (χ2n) is 9.24. The molecule has 3 aromatic carbocycles. The highest BCUT2D eigenvalue weighted by Crippen LogP contribution is 2.33. The van der Waals surface area contributed by atoms with Gasteiger partial charge < -0.3 is 4.90 Å². The van der Waals surface area contributed by atoms with Crippen molar-refractivity contribution in [3.05, 3.63) is 84.4 Å². The van der Waals surface area contributed by atoms with Crippen LogP contribution >= 0.6 is 0 Å². The zero-order chi connectivity index (χ0) is 25.2. The van der Waals surface area contributed by atoms with E-state index < -0.39 is 25.3 Å². The summed E-state index contributed by atoms with van der Waals surface area (Å²) in [7, 11) is -6.79. The van der Waals surface area contributed by atoms with Gasteiger partial charge in [0, 0.05) is 36.4 Å². The first-order valence-corrected chi connectivity index (χ1v) is 14.9. The van der Waals surface area contributed by atoms with Crippen LogP contribution in [0.25, 0.3) is 11.1 Å². The molecule has 1 saturated heterocycles. The van der Waals surface area contributed by atoms with Gasteiger partial charge in [-0.3, -0.25) is 4.72 Å². The van der Waals surface area contributed by atoms with Crippen LogP contribution < -0.4 is 14.3 Å². The Labute approximate surface area is 208 Å². The number of benzene rings is 3. The molecule has 9 heteroatoms. The predicted molar refractivity (Wildman–Crippen MR) is 143 cm³/mol. The number of hydrogen-bond donors (Lipinski definition) is 2. The fourth-order valence-corrected chi connectivity index (χ4v) is 5.84. The van der Waals surface area contributed by atoms with Gasteiger partial charge in [0.2, 0.25) is 20.0 Å². The third-order valence-electron chi connectivity index (χ3n) is 6.22. The Morgan fingerprint density at radius 1 is 0.829 bits per heavy atom. The van der Waals surface area contributed by atoms with Crippen molar-refractivity contribution in [1.29, 1.82) is 0 Å². The van der Waals surface area contributed by atoms with Crippen LogP contribution in [0.3, 0.4) is 0 Å². The molecule has 2 N–H and O–H groups in total. The highest BCUT2D eigenvalue weighted by atomic mass is 32.2. The minimum Gasteiger partial charge on any atom is -0.369 e. The van der Waals surface area contributed by atoms with Crippen molar-refractivity contribution in [2.75, 3.05) is 29.0 Å². The maximum absolute atomic E-state index is 12.7. The van der Waals surface area contributed by atoms with Crippen molar-refractivity contribution in [2.24, 2.45) is 0 Å². The van der Waals surface area contributed by atoms with Crippen LogP contribution in [-0.4, -0.2) is 47.5 Å². The summed E-state index contributed by atoms with van der Waals surface area (Å²) in [5.74, 6) is -0.0176. The Kier molecular flexibility index (Phi) is 7.21. The second kappa shape index (κ2) is 10.0. The molecule has 0 aliphatic carbocycles. The first-order valence-electron chi connectivity index (χ1n) is 11.5. The molecule has 186 valence electrons. The van der Waals surface area contributed by atoms with E-state index in [2.05, 4.69) is 14.3 Å². The number of nitrogens with one attached hydrogen (secondary N) is 2. The Morgan fingerprint density at radius 3 is 2.14 bits per heavy atom. The first-order chi connectivity index (χ1) is 16.5. The van der Waals surface area contributed by atoms with E-state index in [0.29, 0.717) is 18.8 Å². The van der Waals surface area contributed by atoms with Gasteiger partial charge >= 0.3 is 0 Å². The maximum atomic E-state index is 12.7. The Balaban J connectivity index is 1.61. The van der Waals surface area contributed by atoms with Crippen LogP contribution in [0.5, 0.6) is 0 Å². The molecule has 0 bridgehead atoms. The topological polar surface area (TPSA) is 95.6 Å². The lowest BCUT2D eigenvalue weighted by Gasteiger charge is -2.21. The van der Waals surface area contributed by atoms with Crippen LogP contribution in [0.2, 0.25) is 0 Å². The molecule has 0 aromatic heterocycles. The van der Waals surface area contributed by atoms with E-state index in [0.717, 1.165) is 28.6 Å². The van der Waals surface area contributed by atoms with Gasteiger partial charge in [-0.1, -0.05) is 54.6 Å². The van der Waals surface area contributed by atoms with Crippen molar-refractivity contribution in [2.45, 2.75) is 31.1 Å². The average molecular weight is 514 g/mol. The number of hydrogen-bond acceptors (Lipinski definition) is 5. The minimum absolute atomic E-state index is 0.0176. The van der Waals surface area contributed by atoms with Gasteiger partial charge in [-0.25, -0.2) is 21.6 Å². The molecule has 1 aliphatic heterocycles. The molecule has 0 radical (unpaired) electrons. The Hall–Kier alpha value is -2.88. The van der Waals surface area contributed by atoms with Crippen molar-refractivity contribution in [3.8, 4) is 11.1 Å². The standard InChI is InChI=1S/C26H31N3O4S2/c1-19(2)35(32,33)28-26-18-29(24-10-5-4-6-11-24)17-25(26)21-14-12-20(13-15-21)22-8-7-9-23(16-22)27-34(3,30)31/h4-16,19,25-28H,17-18H2,1-3H3/t25-,26+/m1/s1. The van der Waals surface area contributed by atoms with E-state index in [1.807, 2.05) is 66.7 Å². The minimum atomic E-state index is -3.43. The van der Waals surface area contributed by atoms with Gasteiger partial charge in [-0.05, 0) is 54.8 Å². The lowest BCUT2D eigenvalue weighted by molar-refractivity contribution is 0.535. The van der Waals surface area contributed by atoms with E-state index in [1.54, 1.807) is 26.0 Å². The van der Waals surface area contributed by atoms with Crippen LogP contribution in [-0.2, 0) is 20.0 Å². The zero-order valence-electron chi connectivity index (χ0n) is 20.0. The molecule has 0 amide bonds. The molecule has 1 aliphatic rings. The smallest absolute Gasteiger partial charge is 0.229 e. The number of para-hydroxylation sites is 1. The van der Waals surface area contributed by atoms with Gasteiger partial charge in [0.05, 0.1) is 11.5 Å². The highest BCUT2D eigenvalue weighted by molar-refractivity contribution is 7.92. The number of sulfonamides is 2. The molecule has 1 fully saturated rings. The maximum Gasteiger partial charge on any atom is 0.229 e. The number of rotatable bonds is 8. The lowest BCUT2D eigenvalue weighted by atomic mass is 9.93. The fraction of sp³-hybridized carbons (Fsp3) is 0.308.